The van der Waals surface area contributed by atoms with Crippen LogP contribution in [-0.2, 0) is 4.74 Å². The summed E-state index contributed by atoms with van der Waals surface area (Å²) in [6.07, 6.45) is 9.73. The summed E-state index contributed by atoms with van der Waals surface area (Å²) in [4.78, 5) is 0. The molecular weight excluding hydrogens is 222 g/mol. The maximum absolute atomic E-state index is 5.43. The molecule has 106 valence electrons. The van der Waals surface area contributed by atoms with Crippen molar-refractivity contribution in [1.82, 2.24) is 5.32 Å². The van der Waals surface area contributed by atoms with Crippen LogP contribution in [0.4, 0.5) is 0 Å². The van der Waals surface area contributed by atoms with E-state index in [2.05, 4.69) is 19.2 Å². The fourth-order valence-corrected chi connectivity index (χ4v) is 3.66. The van der Waals surface area contributed by atoms with Crippen molar-refractivity contribution in [2.75, 3.05) is 19.8 Å². The zero-order valence-corrected chi connectivity index (χ0v) is 12.3. The second-order valence-corrected chi connectivity index (χ2v) is 6.83. The first-order valence-corrected chi connectivity index (χ1v) is 8.05. The van der Waals surface area contributed by atoms with Crippen LogP contribution in [0.1, 0.15) is 58.8 Å². The van der Waals surface area contributed by atoms with Gasteiger partial charge >= 0.3 is 0 Å². The summed E-state index contributed by atoms with van der Waals surface area (Å²) in [5.41, 5.74) is 0. The largest absolute Gasteiger partial charge is 0.381 e. The van der Waals surface area contributed by atoms with Gasteiger partial charge in [0, 0.05) is 19.3 Å². The molecule has 2 rings (SSSR count). The molecule has 0 aromatic carbocycles. The molecule has 1 heterocycles. The molecular formula is C16H31NO. The van der Waals surface area contributed by atoms with E-state index < -0.39 is 0 Å². The lowest BCUT2D eigenvalue weighted by Crippen LogP contribution is -2.35. The first-order chi connectivity index (χ1) is 8.74. The molecule has 2 fully saturated rings. The minimum absolute atomic E-state index is 0.796. The Bertz CT molecular complexity index is 223. The normalized spacial score (nSPS) is 33.2. The minimum atomic E-state index is 0.796. The lowest BCUT2D eigenvalue weighted by atomic mass is 9.81. The second kappa shape index (κ2) is 7.49. The predicted molar refractivity (Wildman–Crippen MR) is 76.7 cm³/mol. The van der Waals surface area contributed by atoms with Crippen LogP contribution in [0.15, 0.2) is 0 Å². The molecule has 1 aliphatic carbocycles. The Morgan fingerprint density at radius 1 is 1.17 bits per heavy atom. The predicted octanol–water partition coefficient (Wildman–Crippen LogP) is 3.61. The van der Waals surface area contributed by atoms with Crippen LogP contribution in [0.25, 0.3) is 0 Å². The molecule has 18 heavy (non-hydrogen) atoms. The molecule has 1 N–H and O–H groups in total. The van der Waals surface area contributed by atoms with Crippen molar-refractivity contribution in [1.29, 1.82) is 0 Å². The standard InChI is InChI=1S/C16H31NO/c1-13(2)10-15-4-3-5-16(11-15)17-8-6-14-7-9-18-12-14/h13-17H,3-12H2,1-2H3. The molecule has 0 radical (unpaired) electrons. The van der Waals surface area contributed by atoms with E-state index in [0.717, 1.165) is 37.0 Å². The van der Waals surface area contributed by atoms with Crippen molar-refractivity contribution in [2.24, 2.45) is 17.8 Å². The van der Waals surface area contributed by atoms with E-state index in [0.29, 0.717) is 0 Å². The Hall–Kier alpha value is -0.0800. The molecule has 0 bridgehead atoms. The highest BCUT2D eigenvalue weighted by Gasteiger charge is 2.22. The molecule has 1 aliphatic heterocycles. The van der Waals surface area contributed by atoms with Gasteiger partial charge < -0.3 is 10.1 Å². The van der Waals surface area contributed by atoms with Crippen LogP contribution in [-0.4, -0.2) is 25.8 Å². The highest BCUT2D eigenvalue weighted by atomic mass is 16.5. The van der Waals surface area contributed by atoms with E-state index in [9.17, 15) is 0 Å². The summed E-state index contributed by atoms with van der Waals surface area (Å²) in [6.45, 7) is 7.91. The highest BCUT2D eigenvalue weighted by Crippen LogP contribution is 2.29. The van der Waals surface area contributed by atoms with E-state index in [1.165, 1.54) is 51.5 Å². The lowest BCUT2D eigenvalue weighted by Gasteiger charge is -2.31. The topological polar surface area (TPSA) is 21.3 Å². The molecule has 0 spiro atoms. The summed E-state index contributed by atoms with van der Waals surface area (Å²) in [5.74, 6) is 2.67. The number of ether oxygens (including phenoxy) is 1. The van der Waals surface area contributed by atoms with Crippen LogP contribution in [0.5, 0.6) is 0 Å². The van der Waals surface area contributed by atoms with Crippen molar-refractivity contribution >= 4 is 0 Å². The Morgan fingerprint density at radius 2 is 2.06 bits per heavy atom. The quantitative estimate of drug-likeness (QED) is 0.781. The molecule has 2 nitrogen and oxygen atoms in total. The van der Waals surface area contributed by atoms with Gasteiger partial charge in [-0.25, -0.2) is 0 Å². The molecule has 0 aromatic heterocycles. The van der Waals surface area contributed by atoms with E-state index in [-0.39, 0.29) is 0 Å². The Kier molecular flexibility index (Phi) is 5.97. The van der Waals surface area contributed by atoms with Crippen LogP contribution in [0, 0.1) is 17.8 Å². The van der Waals surface area contributed by atoms with Crippen molar-refractivity contribution < 1.29 is 4.74 Å². The average molecular weight is 253 g/mol. The first kappa shape index (κ1) is 14.3. The van der Waals surface area contributed by atoms with Gasteiger partial charge in [-0.1, -0.05) is 26.7 Å². The van der Waals surface area contributed by atoms with Gasteiger partial charge in [0.25, 0.3) is 0 Å². The number of nitrogens with one attached hydrogen (secondary N) is 1. The SMILES string of the molecule is CC(C)CC1CCCC(NCCC2CCOC2)C1. The van der Waals surface area contributed by atoms with E-state index in [1.807, 2.05) is 0 Å². The third-order valence-corrected chi connectivity index (χ3v) is 4.60. The van der Waals surface area contributed by atoms with Gasteiger partial charge in [0.15, 0.2) is 0 Å². The van der Waals surface area contributed by atoms with Crippen LogP contribution < -0.4 is 5.32 Å². The van der Waals surface area contributed by atoms with Crippen molar-refractivity contribution in [3.63, 3.8) is 0 Å². The second-order valence-electron chi connectivity index (χ2n) is 6.83. The van der Waals surface area contributed by atoms with Crippen molar-refractivity contribution in [3.8, 4) is 0 Å². The van der Waals surface area contributed by atoms with Gasteiger partial charge in [-0.05, 0) is 56.4 Å². The van der Waals surface area contributed by atoms with Crippen molar-refractivity contribution in [3.05, 3.63) is 0 Å². The third-order valence-electron chi connectivity index (χ3n) is 4.60. The molecule has 3 unspecified atom stereocenters. The first-order valence-electron chi connectivity index (χ1n) is 8.05. The number of hydrogen-bond donors (Lipinski definition) is 1. The fourth-order valence-electron chi connectivity index (χ4n) is 3.66. The molecule has 3 atom stereocenters. The van der Waals surface area contributed by atoms with Gasteiger partial charge in [0.05, 0.1) is 0 Å². The number of hydrogen-bond acceptors (Lipinski definition) is 2. The monoisotopic (exact) mass is 253 g/mol. The van der Waals surface area contributed by atoms with Crippen LogP contribution in [0.3, 0.4) is 0 Å². The Morgan fingerprint density at radius 3 is 2.78 bits per heavy atom. The zero-order chi connectivity index (χ0) is 12.8. The fraction of sp³-hybridized carbons (Fsp3) is 1.00. The minimum Gasteiger partial charge on any atom is -0.381 e. The van der Waals surface area contributed by atoms with E-state index >= 15 is 0 Å². The van der Waals surface area contributed by atoms with Crippen LogP contribution in [0.2, 0.25) is 0 Å². The third kappa shape index (κ3) is 4.89. The van der Waals surface area contributed by atoms with Gasteiger partial charge in [-0.2, -0.15) is 0 Å². The van der Waals surface area contributed by atoms with Crippen molar-refractivity contribution in [2.45, 2.75) is 64.8 Å². The molecule has 0 aromatic rings. The number of rotatable bonds is 6. The smallest absolute Gasteiger partial charge is 0.0495 e. The van der Waals surface area contributed by atoms with Gasteiger partial charge in [0.1, 0.15) is 0 Å². The maximum Gasteiger partial charge on any atom is 0.0495 e. The average Bonchev–Trinajstić information content (AvgIpc) is 2.82. The van der Waals surface area contributed by atoms with Gasteiger partial charge in [0.2, 0.25) is 0 Å². The molecule has 0 amide bonds. The molecule has 2 aliphatic rings. The summed E-state index contributed by atoms with van der Waals surface area (Å²) in [5, 5.41) is 3.80. The zero-order valence-electron chi connectivity index (χ0n) is 12.3. The van der Waals surface area contributed by atoms with E-state index in [1.54, 1.807) is 0 Å². The molecule has 1 saturated carbocycles. The molecule has 1 saturated heterocycles. The molecule has 2 heteroatoms. The lowest BCUT2D eigenvalue weighted by molar-refractivity contribution is 0.183. The summed E-state index contributed by atoms with van der Waals surface area (Å²) in [6, 6.07) is 0.796. The summed E-state index contributed by atoms with van der Waals surface area (Å²) in [7, 11) is 0. The maximum atomic E-state index is 5.43. The Labute approximate surface area is 113 Å². The Balaban J connectivity index is 1.59. The summed E-state index contributed by atoms with van der Waals surface area (Å²) < 4.78 is 5.43. The highest BCUT2D eigenvalue weighted by molar-refractivity contribution is 4.79. The van der Waals surface area contributed by atoms with Crippen LogP contribution >= 0.6 is 0 Å². The summed E-state index contributed by atoms with van der Waals surface area (Å²) >= 11 is 0. The van der Waals surface area contributed by atoms with Gasteiger partial charge in [-0.15, -0.1) is 0 Å². The van der Waals surface area contributed by atoms with Gasteiger partial charge in [-0.3, -0.25) is 0 Å². The van der Waals surface area contributed by atoms with E-state index in [4.69, 9.17) is 4.74 Å².